The van der Waals surface area contributed by atoms with Gasteiger partial charge in [-0.3, -0.25) is 0 Å². The lowest BCUT2D eigenvalue weighted by atomic mass is 10.2. The molecule has 0 spiro atoms. The van der Waals surface area contributed by atoms with Crippen molar-refractivity contribution in [1.29, 1.82) is 0 Å². The van der Waals surface area contributed by atoms with Crippen LogP contribution in [0.5, 0.6) is 0 Å². The van der Waals surface area contributed by atoms with Crippen molar-refractivity contribution in [2.24, 2.45) is 0 Å². The normalized spacial score (nSPS) is 16.8. The van der Waals surface area contributed by atoms with Crippen LogP contribution >= 0.6 is 0 Å². The van der Waals surface area contributed by atoms with Crippen LogP contribution in [0.3, 0.4) is 0 Å². The monoisotopic (exact) mass is 441 g/mol. The van der Waals surface area contributed by atoms with Crippen LogP contribution in [0.15, 0.2) is 30.5 Å². The molecule has 0 radical (unpaired) electrons. The van der Waals surface area contributed by atoms with E-state index in [1.165, 1.54) is 18.5 Å². The molecule has 1 fully saturated rings. The van der Waals surface area contributed by atoms with E-state index in [1.54, 1.807) is 0 Å². The van der Waals surface area contributed by atoms with E-state index in [-0.39, 0.29) is 17.8 Å². The van der Waals surface area contributed by atoms with E-state index in [9.17, 15) is 9.59 Å². The van der Waals surface area contributed by atoms with Crippen molar-refractivity contribution in [2.45, 2.75) is 39.5 Å². The molecule has 1 aliphatic heterocycles. The van der Waals surface area contributed by atoms with Gasteiger partial charge in [-0.05, 0) is 26.0 Å². The number of nitrogens with one attached hydrogen (secondary N) is 1. The van der Waals surface area contributed by atoms with Crippen LogP contribution in [0.25, 0.3) is 0 Å². The number of hydrogen-bond donors (Lipinski definition) is 1. The van der Waals surface area contributed by atoms with Gasteiger partial charge in [0.25, 0.3) is 0 Å². The fourth-order valence-corrected chi connectivity index (χ4v) is 4.86. The Kier molecular flexibility index (Phi) is 6.64. The highest BCUT2D eigenvalue weighted by Crippen LogP contribution is 2.21. The highest BCUT2D eigenvalue weighted by molar-refractivity contribution is 6.88. The maximum Gasteiger partial charge on any atom is 0.358 e. The smallest absolute Gasteiger partial charge is 0.358 e. The summed E-state index contributed by atoms with van der Waals surface area (Å²) in [6.45, 7) is 12.6. The Hall–Kier alpha value is -2.94. The van der Waals surface area contributed by atoms with E-state index in [0.29, 0.717) is 25.3 Å². The number of urea groups is 1. The Morgan fingerprint density at radius 1 is 1.16 bits per heavy atom. The van der Waals surface area contributed by atoms with Crippen molar-refractivity contribution in [3.05, 3.63) is 41.9 Å². The van der Waals surface area contributed by atoms with Gasteiger partial charge in [0.2, 0.25) is 0 Å². The summed E-state index contributed by atoms with van der Waals surface area (Å²) in [4.78, 5) is 37.2. The second kappa shape index (κ2) is 9.05. The quantitative estimate of drug-likeness (QED) is 0.580. The van der Waals surface area contributed by atoms with Crippen molar-refractivity contribution in [2.75, 3.05) is 37.0 Å². The number of benzene rings is 1. The molecule has 9 heteroatoms. The molecule has 2 amide bonds. The fourth-order valence-electron chi connectivity index (χ4n) is 3.69. The molecule has 31 heavy (non-hydrogen) atoms. The number of aromatic nitrogens is 2. The Morgan fingerprint density at radius 2 is 1.84 bits per heavy atom. The first-order chi connectivity index (χ1) is 14.6. The largest absolute Gasteiger partial charge is 0.464 e. The Balaban J connectivity index is 1.63. The molecule has 1 unspecified atom stereocenters. The first-order valence-electron chi connectivity index (χ1n) is 10.4. The average molecular weight is 442 g/mol. The molecular formula is C22H31N5O3Si. The van der Waals surface area contributed by atoms with Crippen LogP contribution in [0.2, 0.25) is 19.6 Å². The van der Waals surface area contributed by atoms with E-state index in [4.69, 9.17) is 4.74 Å². The minimum absolute atomic E-state index is 0.00325. The van der Waals surface area contributed by atoms with Gasteiger partial charge in [-0.15, -0.1) is 0 Å². The molecule has 3 rings (SSSR count). The van der Waals surface area contributed by atoms with Gasteiger partial charge in [-0.2, -0.15) is 0 Å². The number of esters is 1. The number of ether oxygens (including phenoxy) is 1. The lowest BCUT2D eigenvalue weighted by molar-refractivity contribution is 0.0593. The summed E-state index contributed by atoms with van der Waals surface area (Å²) < 4.78 is 4.70. The van der Waals surface area contributed by atoms with Crippen LogP contribution in [0.4, 0.5) is 16.3 Å². The van der Waals surface area contributed by atoms with Crippen molar-refractivity contribution < 1.29 is 14.3 Å². The Bertz CT molecular complexity index is 959. The first-order valence-corrected chi connectivity index (χ1v) is 13.9. The third kappa shape index (κ3) is 5.22. The maximum absolute atomic E-state index is 12.8. The molecule has 0 saturated carbocycles. The number of piperazine rings is 1. The van der Waals surface area contributed by atoms with Crippen LogP contribution in [0.1, 0.15) is 23.1 Å². The zero-order valence-corrected chi connectivity index (χ0v) is 20.1. The van der Waals surface area contributed by atoms with Crippen LogP contribution in [-0.4, -0.2) is 67.7 Å². The van der Waals surface area contributed by atoms with Crippen molar-refractivity contribution in [1.82, 2.24) is 14.9 Å². The Morgan fingerprint density at radius 3 is 2.39 bits per heavy atom. The van der Waals surface area contributed by atoms with Crippen LogP contribution < -0.4 is 15.4 Å². The predicted octanol–water partition coefficient (Wildman–Crippen LogP) is 2.86. The van der Waals surface area contributed by atoms with Crippen molar-refractivity contribution >= 4 is 36.8 Å². The van der Waals surface area contributed by atoms with E-state index in [0.717, 1.165) is 11.5 Å². The van der Waals surface area contributed by atoms with Gasteiger partial charge in [0.05, 0.1) is 27.1 Å². The third-order valence-corrected chi connectivity index (χ3v) is 7.57. The van der Waals surface area contributed by atoms with Gasteiger partial charge in [0.15, 0.2) is 5.69 Å². The van der Waals surface area contributed by atoms with Gasteiger partial charge in [-0.25, -0.2) is 19.6 Å². The minimum atomic E-state index is -1.36. The van der Waals surface area contributed by atoms with Gasteiger partial charge in [0, 0.05) is 31.4 Å². The molecular weight excluding hydrogens is 410 g/mol. The van der Waals surface area contributed by atoms with Crippen molar-refractivity contribution in [3.8, 4) is 0 Å². The number of aryl methyl sites for hydroxylation is 1. The summed E-state index contributed by atoms with van der Waals surface area (Å²) in [6, 6.07) is 8.08. The molecule has 1 aliphatic rings. The molecule has 2 aromatic rings. The molecule has 1 aromatic heterocycles. The van der Waals surface area contributed by atoms with Crippen LogP contribution in [-0.2, 0) is 4.74 Å². The summed E-state index contributed by atoms with van der Waals surface area (Å²) in [6.07, 6.45) is 1.43. The molecule has 1 aromatic carbocycles. The topological polar surface area (TPSA) is 87.7 Å². The third-order valence-electron chi connectivity index (χ3n) is 5.51. The second-order valence-electron chi connectivity index (χ2n) is 8.90. The summed E-state index contributed by atoms with van der Waals surface area (Å²) in [7, 11) is -0.0423. The number of nitrogens with zero attached hydrogens (tertiary/aromatic N) is 4. The van der Waals surface area contributed by atoms with Gasteiger partial charge < -0.3 is 19.9 Å². The van der Waals surface area contributed by atoms with Gasteiger partial charge in [-0.1, -0.05) is 37.0 Å². The molecule has 8 nitrogen and oxygen atoms in total. The number of carbonyl (C=O) groups excluding carboxylic acids is 2. The molecule has 1 saturated heterocycles. The summed E-state index contributed by atoms with van der Waals surface area (Å²) in [5, 5.41) is 4.38. The fraction of sp³-hybridized carbons (Fsp3) is 0.455. The Labute approximate surface area is 184 Å². The molecule has 1 atom stereocenters. The highest BCUT2D eigenvalue weighted by atomic mass is 28.3. The SMILES string of the molecule is COC(=O)c1cnc(N2CCN(C(=O)Nc3ccc([Si](C)(C)C)cc3)C(C)C2)c(C)n1. The molecule has 0 bridgehead atoms. The van der Waals surface area contributed by atoms with Gasteiger partial charge >= 0.3 is 12.0 Å². The zero-order valence-electron chi connectivity index (χ0n) is 19.1. The summed E-state index contributed by atoms with van der Waals surface area (Å²) in [5.74, 6) is 0.219. The van der Waals surface area contributed by atoms with Crippen LogP contribution in [0, 0.1) is 6.92 Å². The van der Waals surface area contributed by atoms with E-state index in [1.807, 2.05) is 30.9 Å². The number of carbonyl (C=O) groups is 2. The van der Waals surface area contributed by atoms with E-state index < -0.39 is 14.0 Å². The standard InChI is InChI=1S/C22H31N5O3Si/c1-15-14-26(20-16(2)24-19(13-23-20)21(28)30-3)11-12-27(15)22(29)25-17-7-9-18(10-8-17)31(4,5)6/h7-10,13,15H,11-12,14H2,1-6H3,(H,25,29). The zero-order chi connectivity index (χ0) is 22.8. The van der Waals surface area contributed by atoms with Gasteiger partial charge in [0.1, 0.15) is 5.82 Å². The predicted molar refractivity (Wildman–Crippen MR) is 125 cm³/mol. The summed E-state index contributed by atoms with van der Waals surface area (Å²) >= 11 is 0. The van der Waals surface area contributed by atoms with Crippen molar-refractivity contribution in [3.63, 3.8) is 0 Å². The number of anilines is 2. The molecule has 0 aliphatic carbocycles. The summed E-state index contributed by atoms with van der Waals surface area (Å²) in [5.41, 5.74) is 1.66. The average Bonchev–Trinajstić information content (AvgIpc) is 2.72. The number of hydrogen-bond acceptors (Lipinski definition) is 6. The molecule has 2 heterocycles. The first kappa shape index (κ1) is 22.7. The maximum atomic E-state index is 12.8. The number of rotatable bonds is 4. The lowest BCUT2D eigenvalue weighted by Gasteiger charge is -2.40. The lowest BCUT2D eigenvalue weighted by Crippen LogP contribution is -2.55. The highest BCUT2D eigenvalue weighted by Gasteiger charge is 2.29. The second-order valence-corrected chi connectivity index (χ2v) is 14.0. The number of amides is 2. The van der Waals surface area contributed by atoms with E-state index in [2.05, 4.69) is 52.0 Å². The molecule has 1 N–H and O–H groups in total. The minimum Gasteiger partial charge on any atom is -0.464 e. The van der Waals surface area contributed by atoms with E-state index >= 15 is 0 Å². The number of methoxy groups -OCH3 is 1. The molecule has 166 valence electrons.